The average Bonchev–Trinajstić information content (AvgIpc) is 3.32. The minimum absolute atomic E-state index is 0.178. The highest BCUT2D eigenvalue weighted by Gasteiger charge is 2.19. The average molecular weight is 499 g/mol. The van der Waals surface area contributed by atoms with E-state index >= 15 is 0 Å². The Balaban J connectivity index is 1.14. The number of amides is 1. The highest BCUT2D eigenvalue weighted by atomic mass is 35.5. The van der Waals surface area contributed by atoms with Crippen molar-refractivity contribution in [2.24, 2.45) is 5.92 Å². The fourth-order valence-corrected chi connectivity index (χ4v) is 5.85. The Morgan fingerprint density at radius 1 is 1.03 bits per heavy atom. The maximum atomic E-state index is 12.5. The second-order valence-corrected chi connectivity index (χ2v) is 10.6. The van der Waals surface area contributed by atoms with Crippen LogP contribution in [0.2, 0.25) is 5.02 Å². The molecule has 1 saturated heterocycles. The number of rotatable bonds is 10. The van der Waals surface area contributed by atoms with Crippen LogP contribution in [0.4, 0.5) is 0 Å². The fourth-order valence-electron chi connectivity index (χ4n) is 4.37. The first-order valence-corrected chi connectivity index (χ1v) is 13.5. The van der Waals surface area contributed by atoms with E-state index in [0.29, 0.717) is 22.2 Å². The van der Waals surface area contributed by atoms with Crippen LogP contribution in [0.5, 0.6) is 0 Å². The van der Waals surface area contributed by atoms with Crippen molar-refractivity contribution in [2.75, 3.05) is 26.2 Å². The Kier molecular flexibility index (Phi) is 8.97. The number of benzene rings is 2. The van der Waals surface area contributed by atoms with E-state index in [-0.39, 0.29) is 17.4 Å². The van der Waals surface area contributed by atoms with Crippen LogP contribution in [0, 0.1) is 5.92 Å². The first-order valence-electron chi connectivity index (χ1n) is 11.8. The van der Waals surface area contributed by atoms with E-state index in [4.69, 9.17) is 16.0 Å². The molecule has 34 heavy (non-hydrogen) atoms. The Morgan fingerprint density at radius 3 is 2.53 bits per heavy atom. The summed E-state index contributed by atoms with van der Waals surface area (Å²) < 4.78 is 18.2. The molecular weight excluding hydrogens is 468 g/mol. The van der Waals surface area contributed by atoms with E-state index in [1.807, 2.05) is 0 Å². The van der Waals surface area contributed by atoms with Crippen molar-refractivity contribution < 1.29 is 13.4 Å². The molecule has 1 aromatic heterocycles. The smallest absolute Gasteiger partial charge is 0.286 e. The molecule has 2 aromatic carbocycles. The van der Waals surface area contributed by atoms with Gasteiger partial charge in [0.05, 0.1) is 26.5 Å². The SMILES string of the molecule is O=C(NCCCN1CCC(Cc2ccccc2)CC1)c1ccc(CS(=O)c2ccccc2Cl)o1. The number of furan rings is 1. The molecule has 0 aliphatic carbocycles. The summed E-state index contributed by atoms with van der Waals surface area (Å²) in [4.78, 5) is 15.5. The van der Waals surface area contributed by atoms with Gasteiger partial charge < -0.3 is 14.6 Å². The number of halogens is 1. The molecular formula is C27H31ClN2O3S. The molecule has 2 heterocycles. The van der Waals surface area contributed by atoms with Gasteiger partial charge in [0.1, 0.15) is 5.76 Å². The monoisotopic (exact) mass is 498 g/mol. The Bertz CT molecular complexity index is 1090. The Morgan fingerprint density at radius 2 is 1.76 bits per heavy atom. The van der Waals surface area contributed by atoms with Crippen molar-refractivity contribution >= 4 is 28.3 Å². The third-order valence-electron chi connectivity index (χ3n) is 6.25. The van der Waals surface area contributed by atoms with Crippen LogP contribution >= 0.6 is 11.6 Å². The lowest BCUT2D eigenvalue weighted by Crippen LogP contribution is -2.36. The molecule has 4 rings (SSSR count). The zero-order valence-corrected chi connectivity index (χ0v) is 20.8. The number of carbonyl (C=O) groups is 1. The van der Waals surface area contributed by atoms with Crippen molar-refractivity contribution in [3.05, 3.63) is 88.8 Å². The zero-order valence-electron chi connectivity index (χ0n) is 19.3. The fraction of sp³-hybridized carbons (Fsp3) is 0.370. The van der Waals surface area contributed by atoms with Crippen LogP contribution in [0.1, 0.15) is 41.1 Å². The minimum atomic E-state index is -1.33. The predicted molar refractivity (Wildman–Crippen MR) is 137 cm³/mol. The second kappa shape index (κ2) is 12.3. The Labute approximate surface area is 208 Å². The largest absolute Gasteiger partial charge is 0.455 e. The van der Waals surface area contributed by atoms with Gasteiger partial charge in [-0.15, -0.1) is 0 Å². The van der Waals surface area contributed by atoms with Crippen LogP contribution < -0.4 is 5.32 Å². The molecule has 1 fully saturated rings. The van der Waals surface area contributed by atoms with E-state index in [0.717, 1.165) is 32.0 Å². The van der Waals surface area contributed by atoms with E-state index in [2.05, 4.69) is 40.5 Å². The van der Waals surface area contributed by atoms with Crippen molar-refractivity contribution in [3.8, 4) is 0 Å². The number of hydrogen-bond donors (Lipinski definition) is 1. The van der Waals surface area contributed by atoms with Gasteiger partial charge in [0, 0.05) is 6.54 Å². The van der Waals surface area contributed by atoms with Gasteiger partial charge in [-0.05, 0) is 81.1 Å². The molecule has 1 amide bonds. The van der Waals surface area contributed by atoms with Gasteiger partial charge in [-0.2, -0.15) is 0 Å². The Hall–Kier alpha value is -2.41. The number of hydrogen-bond acceptors (Lipinski definition) is 4. The van der Waals surface area contributed by atoms with E-state index < -0.39 is 10.8 Å². The van der Waals surface area contributed by atoms with Crippen molar-refractivity contribution in [3.63, 3.8) is 0 Å². The summed E-state index contributed by atoms with van der Waals surface area (Å²) in [5.74, 6) is 1.45. The lowest BCUT2D eigenvalue weighted by molar-refractivity contribution is 0.0921. The summed E-state index contributed by atoms with van der Waals surface area (Å²) in [6, 6.07) is 21.1. The quantitative estimate of drug-likeness (QED) is 0.384. The molecule has 0 bridgehead atoms. The topological polar surface area (TPSA) is 62.6 Å². The lowest BCUT2D eigenvalue weighted by Gasteiger charge is -2.32. The number of nitrogens with zero attached hydrogens (tertiary/aromatic N) is 1. The molecule has 0 spiro atoms. The molecule has 7 heteroatoms. The predicted octanol–water partition coefficient (Wildman–Crippen LogP) is 5.32. The van der Waals surface area contributed by atoms with Gasteiger partial charge in [0.15, 0.2) is 5.76 Å². The van der Waals surface area contributed by atoms with Crippen molar-refractivity contribution in [1.29, 1.82) is 0 Å². The number of likely N-dealkylation sites (tertiary alicyclic amines) is 1. The van der Waals surface area contributed by atoms with Crippen molar-refractivity contribution in [1.82, 2.24) is 10.2 Å². The van der Waals surface area contributed by atoms with Gasteiger partial charge in [-0.25, -0.2) is 0 Å². The molecule has 0 radical (unpaired) electrons. The highest BCUT2D eigenvalue weighted by molar-refractivity contribution is 7.84. The van der Waals surface area contributed by atoms with Crippen LogP contribution in [0.25, 0.3) is 0 Å². The first kappa shape index (κ1) is 24.7. The molecule has 5 nitrogen and oxygen atoms in total. The van der Waals surface area contributed by atoms with Crippen LogP contribution in [0.15, 0.2) is 76.0 Å². The van der Waals surface area contributed by atoms with Gasteiger partial charge in [0.25, 0.3) is 5.91 Å². The van der Waals surface area contributed by atoms with E-state index in [1.54, 1.807) is 36.4 Å². The van der Waals surface area contributed by atoms with Gasteiger partial charge in [-0.1, -0.05) is 54.1 Å². The third-order valence-corrected chi connectivity index (χ3v) is 8.09. The summed E-state index contributed by atoms with van der Waals surface area (Å²) >= 11 is 6.12. The van der Waals surface area contributed by atoms with Crippen LogP contribution in [-0.2, 0) is 23.0 Å². The summed E-state index contributed by atoms with van der Waals surface area (Å²) in [7, 11) is -1.33. The molecule has 0 saturated carbocycles. The minimum Gasteiger partial charge on any atom is -0.455 e. The molecule has 1 aliphatic rings. The summed E-state index contributed by atoms with van der Waals surface area (Å²) in [5, 5.41) is 3.39. The molecule has 3 aromatic rings. The second-order valence-electron chi connectivity index (χ2n) is 8.77. The number of carbonyl (C=O) groups excluding carboxylic acids is 1. The summed E-state index contributed by atoms with van der Waals surface area (Å²) in [5.41, 5.74) is 1.43. The van der Waals surface area contributed by atoms with E-state index in [1.165, 1.54) is 24.8 Å². The van der Waals surface area contributed by atoms with E-state index in [9.17, 15) is 9.00 Å². The van der Waals surface area contributed by atoms with Gasteiger partial charge in [0.2, 0.25) is 0 Å². The lowest BCUT2D eigenvalue weighted by atomic mass is 9.90. The normalized spacial score (nSPS) is 15.8. The van der Waals surface area contributed by atoms with Crippen molar-refractivity contribution in [2.45, 2.75) is 36.3 Å². The molecule has 180 valence electrons. The molecule has 1 aliphatic heterocycles. The number of piperidine rings is 1. The molecule has 1 N–H and O–H groups in total. The zero-order chi connectivity index (χ0) is 23.8. The maximum Gasteiger partial charge on any atom is 0.286 e. The molecule has 1 atom stereocenters. The summed E-state index contributed by atoms with van der Waals surface area (Å²) in [6.07, 6.45) is 4.53. The third kappa shape index (κ3) is 7.05. The number of nitrogens with one attached hydrogen (secondary N) is 1. The molecule has 1 unspecified atom stereocenters. The van der Waals surface area contributed by atoms with Gasteiger partial charge in [-0.3, -0.25) is 9.00 Å². The first-order chi connectivity index (χ1) is 16.6. The maximum absolute atomic E-state index is 12.5. The standard InChI is InChI=1S/C27H31ClN2O3S/c28-24-9-4-5-10-26(24)34(32)20-23-11-12-25(33-23)27(31)29-15-6-16-30-17-13-22(14-18-30)19-21-7-2-1-3-8-21/h1-5,7-12,22H,6,13-20H2,(H,29,31). The van der Waals surface area contributed by atoms with Gasteiger partial charge >= 0.3 is 0 Å². The van der Waals surface area contributed by atoms with Crippen LogP contribution in [0.3, 0.4) is 0 Å². The van der Waals surface area contributed by atoms with Crippen LogP contribution in [-0.4, -0.2) is 41.2 Å². The summed E-state index contributed by atoms with van der Waals surface area (Å²) in [6.45, 7) is 3.83. The highest BCUT2D eigenvalue weighted by Crippen LogP contribution is 2.23.